The highest BCUT2D eigenvalue weighted by molar-refractivity contribution is 6.05. The van der Waals surface area contributed by atoms with E-state index < -0.39 is 0 Å². The van der Waals surface area contributed by atoms with E-state index >= 15 is 0 Å². The number of rotatable bonds is 11. The zero-order chi connectivity index (χ0) is 33.2. The third kappa shape index (κ3) is 10.7. The largest absolute Gasteiger partial charge is 0.392 e. The summed E-state index contributed by atoms with van der Waals surface area (Å²) in [5, 5.41) is 12.0. The van der Waals surface area contributed by atoms with Crippen LogP contribution in [0, 0.1) is 5.41 Å². The van der Waals surface area contributed by atoms with Crippen molar-refractivity contribution in [3.05, 3.63) is 88.3 Å². The fourth-order valence-corrected chi connectivity index (χ4v) is 4.15. The minimum Gasteiger partial charge on any atom is -0.392 e. The van der Waals surface area contributed by atoms with Crippen LogP contribution >= 0.6 is 0 Å². The van der Waals surface area contributed by atoms with Crippen molar-refractivity contribution in [3.63, 3.8) is 0 Å². The molecule has 0 unspecified atom stereocenters. The molecule has 0 aliphatic heterocycles. The smallest absolute Gasteiger partial charge is 0.150 e. The maximum Gasteiger partial charge on any atom is 0.150 e. The zero-order valence-corrected chi connectivity index (χ0v) is 27.1. The molecule has 234 valence electrons. The van der Waals surface area contributed by atoms with Crippen LogP contribution in [-0.4, -0.2) is 83.5 Å². The van der Waals surface area contributed by atoms with E-state index in [2.05, 4.69) is 37.6 Å². The number of H-pyrrole nitrogens is 1. The Bertz CT molecular complexity index is 1540. The molecule has 0 radical (unpaired) electrons. The highest BCUT2D eigenvalue weighted by Crippen LogP contribution is 2.33. The second-order valence-electron chi connectivity index (χ2n) is 10.0. The number of aromatic nitrogens is 1. The lowest BCUT2D eigenvalue weighted by Gasteiger charge is -2.22. The Morgan fingerprint density at radius 3 is 2.30 bits per heavy atom. The van der Waals surface area contributed by atoms with Crippen LogP contribution in [0.2, 0.25) is 0 Å². The molecule has 2 aromatic carbocycles. The van der Waals surface area contributed by atoms with Gasteiger partial charge in [-0.05, 0) is 77.6 Å². The summed E-state index contributed by atoms with van der Waals surface area (Å²) in [5.74, 6) is 0.125. The van der Waals surface area contributed by atoms with Crippen molar-refractivity contribution in [1.29, 1.82) is 5.41 Å². The number of carbonyl (C=O) groups excluding carboxylic acids is 2. The van der Waals surface area contributed by atoms with Crippen LogP contribution in [0.5, 0.6) is 0 Å². The van der Waals surface area contributed by atoms with Gasteiger partial charge in [-0.15, -0.1) is 0 Å². The van der Waals surface area contributed by atoms with Gasteiger partial charge in [-0.2, -0.15) is 0 Å². The summed E-state index contributed by atoms with van der Waals surface area (Å²) in [7, 11) is 11.2. The topological polar surface area (TPSA) is 143 Å². The molecule has 0 saturated carbocycles. The molecular formula is C34H46N8O2. The molecule has 1 aromatic heterocycles. The predicted molar refractivity (Wildman–Crippen MR) is 188 cm³/mol. The first-order chi connectivity index (χ1) is 21.1. The Balaban J connectivity index is 0.00000149. The third-order valence-corrected chi connectivity index (χ3v) is 6.16. The Morgan fingerprint density at radius 1 is 1.07 bits per heavy atom. The SMILES string of the molecule is C=N/C(=C(/C)C=NC(=N)/C=C(/C)NC)c1c[nH]c2c(N(C)Cc3c(C=O)cccc3/C=C/C=O)cccc12.CN.CN(C)C. The van der Waals surface area contributed by atoms with Crippen molar-refractivity contribution in [3.8, 4) is 0 Å². The molecule has 10 heteroatoms. The van der Waals surface area contributed by atoms with Gasteiger partial charge < -0.3 is 25.8 Å². The van der Waals surface area contributed by atoms with Gasteiger partial charge >= 0.3 is 0 Å². The lowest BCUT2D eigenvalue weighted by atomic mass is 10.00. The second-order valence-corrected chi connectivity index (χ2v) is 10.0. The van der Waals surface area contributed by atoms with E-state index in [1.807, 2.05) is 77.4 Å². The lowest BCUT2D eigenvalue weighted by Crippen LogP contribution is -2.18. The van der Waals surface area contributed by atoms with Crippen molar-refractivity contribution in [2.75, 3.05) is 47.2 Å². The van der Waals surface area contributed by atoms with Gasteiger partial charge in [0.05, 0.1) is 16.9 Å². The van der Waals surface area contributed by atoms with Crippen molar-refractivity contribution in [1.82, 2.24) is 15.2 Å². The minimum atomic E-state index is 0.125. The molecule has 0 atom stereocenters. The number of benzene rings is 2. The van der Waals surface area contributed by atoms with Crippen LogP contribution in [0.1, 0.15) is 40.9 Å². The normalized spacial score (nSPS) is 11.8. The van der Waals surface area contributed by atoms with E-state index in [4.69, 9.17) is 5.41 Å². The van der Waals surface area contributed by atoms with Crippen LogP contribution in [-0.2, 0) is 11.3 Å². The van der Waals surface area contributed by atoms with Crippen LogP contribution in [0.3, 0.4) is 0 Å². The first-order valence-electron chi connectivity index (χ1n) is 13.9. The Kier molecular flexibility index (Phi) is 16.3. The number of amidine groups is 1. The Morgan fingerprint density at radius 2 is 1.70 bits per heavy atom. The van der Waals surface area contributed by atoms with Gasteiger partial charge in [-0.1, -0.05) is 36.4 Å². The van der Waals surface area contributed by atoms with E-state index in [9.17, 15) is 9.59 Å². The molecule has 0 fully saturated rings. The van der Waals surface area contributed by atoms with E-state index in [1.54, 1.807) is 37.5 Å². The van der Waals surface area contributed by atoms with Gasteiger partial charge in [0.15, 0.2) is 0 Å². The van der Waals surface area contributed by atoms with Crippen LogP contribution in [0.25, 0.3) is 22.7 Å². The number of aliphatic imine (C=N–C) groups is 2. The van der Waals surface area contributed by atoms with E-state index in [-0.39, 0.29) is 5.84 Å². The maximum absolute atomic E-state index is 11.8. The number of allylic oxidation sites excluding steroid dienone is 3. The Labute approximate surface area is 261 Å². The fourth-order valence-electron chi connectivity index (χ4n) is 4.15. The maximum atomic E-state index is 11.8. The molecule has 0 aliphatic carbocycles. The quantitative estimate of drug-likeness (QED) is 0.104. The molecule has 0 bridgehead atoms. The summed E-state index contributed by atoms with van der Waals surface area (Å²) in [5.41, 5.74) is 11.7. The summed E-state index contributed by atoms with van der Waals surface area (Å²) in [6, 6.07) is 11.4. The van der Waals surface area contributed by atoms with E-state index in [0.717, 1.165) is 57.1 Å². The number of fused-ring (bicyclic) bond motifs is 1. The van der Waals surface area contributed by atoms with Crippen molar-refractivity contribution in [2.24, 2.45) is 15.7 Å². The molecule has 10 nitrogen and oxygen atoms in total. The summed E-state index contributed by atoms with van der Waals surface area (Å²) >= 11 is 0. The average molecular weight is 599 g/mol. The second kappa shape index (κ2) is 19.3. The van der Waals surface area contributed by atoms with Crippen LogP contribution < -0.4 is 16.0 Å². The lowest BCUT2D eigenvalue weighted by molar-refractivity contribution is -0.104. The number of nitrogens with one attached hydrogen (secondary N) is 3. The number of nitrogens with two attached hydrogens (primary N) is 1. The molecule has 5 N–H and O–H groups in total. The Hall–Kier alpha value is -4.93. The summed E-state index contributed by atoms with van der Waals surface area (Å²) in [6.07, 6.45) is 9.83. The number of hydrogen-bond acceptors (Lipinski definition) is 8. The zero-order valence-electron chi connectivity index (χ0n) is 27.1. The van der Waals surface area contributed by atoms with Crippen LogP contribution in [0.15, 0.2) is 76.0 Å². The van der Waals surface area contributed by atoms with E-state index in [1.165, 1.54) is 13.1 Å². The number of anilines is 1. The number of hydrogen-bond donors (Lipinski definition) is 4. The minimum absolute atomic E-state index is 0.125. The summed E-state index contributed by atoms with van der Waals surface area (Å²) in [6.45, 7) is 7.97. The number of para-hydroxylation sites is 1. The van der Waals surface area contributed by atoms with Gasteiger partial charge in [-0.3, -0.25) is 20.0 Å². The number of aldehydes is 2. The van der Waals surface area contributed by atoms with Gasteiger partial charge in [0.2, 0.25) is 0 Å². The molecule has 0 saturated heterocycles. The predicted octanol–water partition coefficient (Wildman–Crippen LogP) is 5.18. The van der Waals surface area contributed by atoms with E-state index in [0.29, 0.717) is 17.8 Å². The number of carbonyl (C=O) groups is 2. The molecule has 0 spiro atoms. The highest BCUT2D eigenvalue weighted by atomic mass is 16.1. The number of nitrogens with zero attached hydrogens (tertiary/aromatic N) is 4. The highest BCUT2D eigenvalue weighted by Gasteiger charge is 2.16. The number of aromatic amines is 1. The first-order valence-corrected chi connectivity index (χ1v) is 13.9. The molecule has 0 aliphatic rings. The molecule has 1 heterocycles. The first kappa shape index (κ1) is 37.1. The summed E-state index contributed by atoms with van der Waals surface area (Å²) in [4.78, 5) is 38.6. The van der Waals surface area contributed by atoms with Gasteiger partial charge in [0.1, 0.15) is 18.4 Å². The molecular weight excluding hydrogens is 552 g/mol. The molecule has 3 rings (SSSR count). The monoisotopic (exact) mass is 598 g/mol. The molecule has 44 heavy (non-hydrogen) atoms. The summed E-state index contributed by atoms with van der Waals surface area (Å²) < 4.78 is 0. The fraction of sp³-hybridized carbons (Fsp3) is 0.265. The van der Waals surface area contributed by atoms with Gasteiger partial charge in [0, 0.05) is 61.3 Å². The molecule has 0 amide bonds. The van der Waals surface area contributed by atoms with Crippen LogP contribution in [0.4, 0.5) is 5.69 Å². The standard InChI is InChI=1S/C30H32N6O2.C3H9N.CH5N/c1-20(16-34-28(31)15-21(2)32-3)29(33-4)25-17-35-30-24(25)12-7-13-27(30)36(5)18-26-22(11-8-14-37)9-6-10-23(26)19-38;1-4(2)3;1-2/h6-17,19,31-32,35H,4,18H2,1-3,5H3;1-3H3;2H2,1H3/b11-8+,21-15-,29-20-,31-28?,34-16?;;. The van der Waals surface area contributed by atoms with Gasteiger partial charge in [-0.25, -0.2) is 4.99 Å². The average Bonchev–Trinajstić information content (AvgIpc) is 3.44. The third-order valence-electron chi connectivity index (χ3n) is 6.16. The molecule has 3 aromatic rings. The van der Waals surface area contributed by atoms with Crippen molar-refractivity contribution < 1.29 is 9.59 Å². The van der Waals surface area contributed by atoms with Gasteiger partial charge in [0.25, 0.3) is 0 Å². The van der Waals surface area contributed by atoms with Crippen molar-refractivity contribution >= 4 is 59.7 Å². The van der Waals surface area contributed by atoms with Crippen molar-refractivity contribution in [2.45, 2.75) is 20.4 Å².